The van der Waals surface area contributed by atoms with Gasteiger partial charge in [-0.3, -0.25) is 4.90 Å². The molecule has 1 aromatic heterocycles. The number of nitrogens with zero attached hydrogens (tertiary/aromatic N) is 5. The van der Waals surface area contributed by atoms with Gasteiger partial charge in [0.2, 0.25) is 0 Å². The van der Waals surface area contributed by atoms with Crippen LogP contribution in [0.5, 0.6) is 0 Å². The molecule has 2 fully saturated rings. The molecule has 1 aliphatic carbocycles. The molecule has 1 aromatic rings. The van der Waals surface area contributed by atoms with Crippen LogP contribution >= 0.6 is 0 Å². The summed E-state index contributed by atoms with van der Waals surface area (Å²) < 4.78 is 0. The quantitative estimate of drug-likeness (QED) is 0.911. The Labute approximate surface area is 127 Å². The van der Waals surface area contributed by atoms with E-state index in [0.29, 0.717) is 12.1 Å². The van der Waals surface area contributed by atoms with Crippen LogP contribution in [0.15, 0.2) is 0 Å². The average Bonchev–Trinajstić information content (AvgIpc) is 2.81. The lowest BCUT2D eigenvalue weighted by atomic mass is 9.83. The molecule has 2 atom stereocenters. The van der Waals surface area contributed by atoms with E-state index in [1.165, 1.54) is 38.5 Å². The van der Waals surface area contributed by atoms with E-state index in [0.717, 1.165) is 31.4 Å². The smallest absolute Gasteiger partial charge is 0.188 e. The highest BCUT2D eigenvalue weighted by Gasteiger charge is 2.29. The summed E-state index contributed by atoms with van der Waals surface area (Å²) in [6.07, 6.45) is 8.22. The molecular formula is C15H28N6. The number of aromatic nitrogens is 4. The first-order valence-corrected chi connectivity index (χ1v) is 8.42. The van der Waals surface area contributed by atoms with Crippen LogP contribution in [0.25, 0.3) is 0 Å². The number of hydrogen-bond donors (Lipinski definition) is 1. The summed E-state index contributed by atoms with van der Waals surface area (Å²) in [6, 6.07) is 1.21. The second kappa shape index (κ2) is 6.83. The minimum Gasteiger partial charge on any atom is -0.312 e. The maximum Gasteiger partial charge on any atom is 0.188 e. The summed E-state index contributed by atoms with van der Waals surface area (Å²) in [5.74, 6) is 1.69. The van der Waals surface area contributed by atoms with Crippen LogP contribution in [0, 0.1) is 5.92 Å². The second-order valence-electron chi connectivity index (χ2n) is 6.72. The molecule has 0 amide bonds. The maximum absolute atomic E-state index is 4.34. The normalized spacial score (nSPS) is 29.4. The third kappa shape index (κ3) is 3.80. The number of aryl methyl sites for hydroxylation is 1. The van der Waals surface area contributed by atoms with E-state index < -0.39 is 0 Å². The predicted octanol–water partition coefficient (Wildman–Crippen LogP) is 1.34. The summed E-state index contributed by atoms with van der Waals surface area (Å²) in [5.41, 5.74) is 0. The molecule has 0 spiro atoms. The van der Waals surface area contributed by atoms with Crippen molar-refractivity contribution in [3.05, 3.63) is 5.82 Å². The number of rotatable bonds is 3. The van der Waals surface area contributed by atoms with Crippen LogP contribution in [-0.4, -0.2) is 50.3 Å². The maximum atomic E-state index is 4.34. The van der Waals surface area contributed by atoms with Crippen molar-refractivity contribution in [2.24, 2.45) is 13.0 Å². The first-order chi connectivity index (χ1) is 10.2. The number of nitrogens with one attached hydrogen (secondary N) is 1. The van der Waals surface area contributed by atoms with Gasteiger partial charge in [0.05, 0.1) is 13.6 Å². The zero-order valence-corrected chi connectivity index (χ0v) is 13.3. The van der Waals surface area contributed by atoms with Gasteiger partial charge in [0.15, 0.2) is 5.82 Å². The Bertz CT molecular complexity index is 439. The minimum atomic E-state index is 0.579. The lowest BCUT2D eigenvalue weighted by molar-refractivity contribution is 0.161. The van der Waals surface area contributed by atoms with Gasteiger partial charge in [0, 0.05) is 18.6 Å². The number of hydrogen-bond acceptors (Lipinski definition) is 5. The van der Waals surface area contributed by atoms with Gasteiger partial charge in [-0.25, -0.2) is 0 Å². The Hall–Kier alpha value is -1.01. The Morgan fingerprint density at radius 1 is 1.19 bits per heavy atom. The largest absolute Gasteiger partial charge is 0.312 e. The molecule has 1 N–H and O–H groups in total. The fourth-order valence-corrected chi connectivity index (χ4v) is 3.80. The van der Waals surface area contributed by atoms with Gasteiger partial charge >= 0.3 is 0 Å². The molecule has 1 aliphatic heterocycles. The van der Waals surface area contributed by atoms with Crippen LogP contribution < -0.4 is 5.32 Å². The summed E-state index contributed by atoms with van der Waals surface area (Å²) in [4.78, 5) is 4.09. The van der Waals surface area contributed by atoms with E-state index in [-0.39, 0.29) is 0 Å². The van der Waals surface area contributed by atoms with Crippen molar-refractivity contribution in [1.29, 1.82) is 0 Å². The van der Waals surface area contributed by atoms with Gasteiger partial charge in [0.25, 0.3) is 0 Å². The second-order valence-corrected chi connectivity index (χ2v) is 6.72. The fraction of sp³-hybridized carbons (Fsp3) is 0.933. The summed E-state index contributed by atoms with van der Waals surface area (Å²) in [7, 11) is 1.83. The number of tetrazole rings is 1. The molecule has 2 aliphatic rings. The highest BCUT2D eigenvalue weighted by atomic mass is 15.6. The van der Waals surface area contributed by atoms with Crippen LogP contribution in [0.3, 0.4) is 0 Å². The topological polar surface area (TPSA) is 58.9 Å². The van der Waals surface area contributed by atoms with Crippen molar-refractivity contribution in [2.75, 3.05) is 13.1 Å². The third-order valence-electron chi connectivity index (χ3n) is 5.14. The van der Waals surface area contributed by atoms with E-state index in [9.17, 15) is 0 Å². The summed E-state index contributed by atoms with van der Waals surface area (Å²) in [5, 5.41) is 16.2. The zero-order valence-electron chi connectivity index (χ0n) is 13.3. The standard InChI is InChI=1S/C15H28N6/c1-12-8-9-16-14(13-6-4-3-5-7-13)10-21(12)11-15-17-19-20(2)18-15/h12-14,16H,3-11H2,1-2H3. The Morgan fingerprint density at radius 3 is 2.71 bits per heavy atom. The molecule has 6 nitrogen and oxygen atoms in total. The van der Waals surface area contributed by atoms with E-state index >= 15 is 0 Å². The average molecular weight is 292 g/mol. The van der Waals surface area contributed by atoms with Gasteiger partial charge in [0.1, 0.15) is 0 Å². The van der Waals surface area contributed by atoms with Crippen molar-refractivity contribution < 1.29 is 0 Å². The minimum absolute atomic E-state index is 0.579. The van der Waals surface area contributed by atoms with Gasteiger partial charge in [-0.05, 0) is 43.9 Å². The van der Waals surface area contributed by atoms with E-state index in [1.54, 1.807) is 4.80 Å². The molecule has 2 heterocycles. The molecule has 6 heteroatoms. The molecule has 0 aromatic carbocycles. The van der Waals surface area contributed by atoms with E-state index in [1.807, 2.05) is 7.05 Å². The van der Waals surface area contributed by atoms with Crippen LogP contribution in [-0.2, 0) is 13.6 Å². The van der Waals surface area contributed by atoms with Crippen LogP contribution in [0.1, 0.15) is 51.3 Å². The highest BCUT2D eigenvalue weighted by molar-refractivity contribution is 4.89. The zero-order chi connectivity index (χ0) is 14.7. The first kappa shape index (κ1) is 14.9. The van der Waals surface area contributed by atoms with Crippen LogP contribution in [0.2, 0.25) is 0 Å². The fourth-order valence-electron chi connectivity index (χ4n) is 3.80. The molecule has 1 saturated heterocycles. The first-order valence-electron chi connectivity index (χ1n) is 8.42. The van der Waals surface area contributed by atoms with E-state index in [4.69, 9.17) is 0 Å². The molecule has 2 unspecified atom stereocenters. The molecule has 3 rings (SSSR count). The van der Waals surface area contributed by atoms with Gasteiger partial charge in [-0.1, -0.05) is 19.3 Å². The third-order valence-corrected chi connectivity index (χ3v) is 5.14. The van der Waals surface area contributed by atoms with Gasteiger partial charge in [-0.15, -0.1) is 10.2 Å². The van der Waals surface area contributed by atoms with Gasteiger partial charge < -0.3 is 5.32 Å². The van der Waals surface area contributed by atoms with Crippen molar-refractivity contribution in [2.45, 2.75) is 64.1 Å². The van der Waals surface area contributed by atoms with Gasteiger partial charge in [-0.2, -0.15) is 4.80 Å². The Balaban J connectivity index is 1.65. The molecule has 0 bridgehead atoms. The lowest BCUT2D eigenvalue weighted by Gasteiger charge is -2.34. The van der Waals surface area contributed by atoms with Crippen molar-refractivity contribution in [3.8, 4) is 0 Å². The molecular weight excluding hydrogens is 264 g/mol. The SMILES string of the molecule is CC1CCNC(C2CCCCC2)CN1Cc1nnn(C)n1. The van der Waals surface area contributed by atoms with E-state index in [2.05, 4.69) is 32.6 Å². The predicted molar refractivity (Wildman–Crippen MR) is 81.7 cm³/mol. The lowest BCUT2D eigenvalue weighted by Crippen LogP contribution is -2.44. The van der Waals surface area contributed by atoms with Crippen LogP contribution in [0.4, 0.5) is 0 Å². The molecule has 21 heavy (non-hydrogen) atoms. The monoisotopic (exact) mass is 292 g/mol. The van der Waals surface area contributed by atoms with Crippen molar-refractivity contribution in [3.63, 3.8) is 0 Å². The Morgan fingerprint density at radius 2 is 2.00 bits per heavy atom. The molecule has 1 saturated carbocycles. The summed E-state index contributed by atoms with van der Waals surface area (Å²) in [6.45, 7) is 5.39. The molecule has 118 valence electrons. The molecule has 0 radical (unpaired) electrons. The summed E-state index contributed by atoms with van der Waals surface area (Å²) >= 11 is 0. The Kier molecular flexibility index (Phi) is 4.85. The highest BCUT2D eigenvalue weighted by Crippen LogP contribution is 2.28. The van der Waals surface area contributed by atoms with Crippen molar-refractivity contribution >= 4 is 0 Å². The van der Waals surface area contributed by atoms with Crippen molar-refractivity contribution in [1.82, 2.24) is 30.4 Å².